The Kier molecular flexibility index (Phi) is 4.25. The van der Waals surface area contributed by atoms with Crippen LogP contribution in [0.5, 0.6) is 0 Å². The Bertz CT molecular complexity index is 399. The van der Waals surface area contributed by atoms with Gasteiger partial charge in [-0.05, 0) is 6.92 Å². The van der Waals surface area contributed by atoms with Crippen molar-refractivity contribution in [1.29, 1.82) is 0 Å². The number of H-pyrrole nitrogens is 1. The molecule has 0 aromatic carbocycles. The Hall–Kier alpha value is -0.920. The molecule has 0 atom stereocenters. The van der Waals surface area contributed by atoms with Crippen LogP contribution < -0.4 is 4.72 Å². The Morgan fingerprint density at radius 3 is 2.87 bits per heavy atom. The van der Waals surface area contributed by atoms with Crippen LogP contribution in [0.3, 0.4) is 0 Å². The molecular formula is C8H15N3O3S. The van der Waals surface area contributed by atoms with Crippen LogP contribution in [-0.4, -0.2) is 38.1 Å². The first-order valence-electron chi connectivity index (χ1n) is 4.50. The molecular weight excluding hydrogens is 218 g/mol. The topological polar surface area (TPSA) is 84.1 Å². The SMILES string of the molecule is COCCS(=O)(=O)NCc1cn[nH]c1C. The van der Waals surface area contributed by atoms with Crippen molar-refractivity contribution >= 4 is 10.0 Å². The third-order valence-electron chi connectivity index (χ3n) is 1.97. The summed E-state index contributed by atoms with van der Waals surface area (Å²) < 4.78 is 29.9. The molecule has 6 nitrogen and oxygen atoms in total. The van der Waals surface area contributed by atoms with E-state index in [1.54, 1.807) is 6.20 Å². The lowest BCUT2D eigenvalue weighted by atomic mass is 10.3. The summed E-state index contributed by atoms with van der Waals surface area (Å²) in [5, 5.41) is 6.54. The van der Waals surface area contributed by atoms with Gasteiger partial charge in [-0.25, -0.2) is 13.1 Å². The maximum Gasteiger partial charge on any atom is 0.214 e. The maximum atomic E-state index is 11.4. The number of nitrogens with zero attached hydrogens (tertiary/aromatic N) is 1. The Morgan fingerprint density at radius 2 is 2.33 bits per heavy atom. The Morgan fingerprint density at radius 1 is 1.60 bits per heavy atom. The van der Waals surface area contributed by atoms with E-state index in [1.165, 1.54) is 7.11 Å². The number of sulfonamides is 1. The fraction of sp³-hybridized carbons (Fsp3) is 0.625. The largest absolute Gasteiger partial charge is 0.384 e. The number of methoxy groups -OCH3 is 1. The summed E-state index contributed by atoms with van der Waals surface area (Å²) >= 11 is 0. The summed E-state index contributed by atoms with van der Waals surface area (Å²) in [5.74, 6) is -0.0274. The summed E-state index contributed by atoms with van der Waals surface area (Å²) in [6.07, 6.45) is 1.61. The molecule has 0 radical (unpaired) electrons. The average Bonchev–Trinajstić information content (AvgIpc) is 2.58. The van der Waals surface area contributed by atoms with Gasteiger partial charge in [-0.1, -0.05) is 0 Å². The lowest BCUT2D eigenvalue weighted by Crippen LogP contribution is -2.27. The lowest BCUT2D eigenvalue weighted by molar-refractivity contribution is 0.217. The van der Waals surface area contributed by atoms with E-state index >= 15 is 0 Å². The predicted molar refractivity (Wildman–Crippen MR) is 55.8 cm³/mol. The minimum Gasteiger partial charge on any atom is -0.384 e. The summed E-state index contributed by atoms with van der Waals surface area (Å²) in [6.45, 7) is 2.29. The summed E-state index contributed by atoms with van der Waals surface area (Å²) in [5.41, 5.74) is 1.71. The number of hydrogen-bond donors (Lipinski definition) is 2. The standard InChI is InChI=1S/C8H15N3O3S/c1-7-8(5-9-11-7)6-10-15(12,13)4-3-14-2/h5,10H,3-4,6H2,1-2H3,(H,9,11). The first-order chi connectivity index (χ1) is 7.05. The minimum atomic E-state index is -3.25. The first-order valence-corrected chi connectivity index (χ1v) is 6.15. The zero-order valence-electron chi connectivity index (χ0n) is 8.78. The molecule has 1 aromatic rings. The first kappa shape index (κ1) is 12.2. The van der Waals surface area contributed by atoms with E-state index in [0.29, 0.717) is 0 Å². The van der Waals surface area contributed by atoms with Gasteiger partial charge >= 0.3 is 0 Å². The highest BCUT2D eigenvalue weighted by atomic mass is 32.2. The fourth-order valence-electron chi connectivity index (χ4n) is 1.01. The van der Waals surface area contributed by atoms with Crippen LogP contribution in [-0.2, 0) is 21.3 Å². The summed E-state index contributed by atoms with van der Waals surface area (Å²) in [6, 6.07) is 0. The molecule has 86 valence electrons. The number of rotatable bonds is 6. The van der Waals surface area contributed by atoms with Gasteiger partial charge < -0.3 is 4.74 Å². The van der Waals surface area contributed by atoms with E-state index in [-0.39, 0.29) is 18.9 Å². The number of ether oxygens (including phenoxy) is 1. The normalized spacial score (nSPS) is 11.9. The van der Waals surface area contributed by atoms with Crippen molar-refractivity contribution in [3.63, 3.8) is 0 Å². The van der Waals surface area contributed by atoms with Crippen LogP contribution in [0.4, 0.5) is 0 Å². The number of aromatic nitrogens is 2. The highest BCUT2D eigenvalue weighted by molar-refractivity contribution is 7.89. The zero-order chi connectivity index (χ0) is 11.3. The van der Waals surface area contributed by atoms with Crippen LogP contribution in [0.25, 0.3) is 0 Å². The minimum absolute atomic E-state index is 0.0274. The lowest BCUT2D eigenvalue weighted by Gasteiger charge is -2.05. The van der Waals surface area contributed by atoms with E-state index in [4.69, 9.17) is 4.74 Å². The van der Waals surface area contributed by atoms with E-state index in [0.717, 1.165) is 11.3 Å². The molecule has 0 aliphatic rings. The second-order valence-corrected chi connectivity index (χ2v) is 5.08. The van der Waals surface area contributed by atoms with Crippen molar-refractivity contribution < 1.29 is 13.2 Å². The maximum absolute atomic E-state index is 11.4. The highest BCUT2D eigenvalue weighted by Gasteiger charge is 2.10. The molecule has 0 bridgehead atoms. The molecule has 15 heavy (non-hydrogen) atoms. The summed E-state index contributed by atoms with van der Waals surface area (Å²) in [7, 11) is -1.79. The third-order valence-corrected chi connectivity index (χ3v) is 3.26. The molecule has 7 heteroatoms. The number of nitrogens with one attached hydrogen (secondary N) is 2. The average molecular weight is 233 g/mol. The number of aromatic amines is 1. The van der Waals surface area contributed by atoms with Gasteiger partial charge in [0.15, 0.2) is 0 Å². The van der Waals surface area contributed by atoms with Gasteiger partial charge in [-0.3, -0.25) is 5.10 Å². The molecule has 2 N–H and O–H groups in total. The molecule has 0 aliphatic carbocycles. The molecule has 0 amide bonds. The van der Waals surface area contributed by atoms with E-state index < -0.39 is 10.0 Å². The van der Waals surface area contributed by atoms with Gasteiger partial charge in [0.1, 0.15) is 0 Å². The molecule has 0 saturated heterocycles. The van der Waals surface area contributed by atoms with Crippen molar-refractivity contribution in [2.75, 3.05) is 19.5 Å². The third kappa shape index (κ3) is 3.98. The van der Waals surface area contributed by atoms with Crippen LogP contribution in [0.1, 0.15) is 11.3 Å². The van der Waals surface area contributed by atoms with E-state index in [1.807, 2.05) is 6.92 Å². The van der Waals surface area contributed by atoms with E-state index in [9.17, 15) is 8.42 Å². The van der Waals surface area contributed by atoms with Gasteiger partial charge in [-0.15, -0.1) is 0 Å². The van der Waals surface area contributed by atoms with Crippen LogP contribution >= 0.6 is 0 Å². The smallest absolute Gasteiger partial charge is 0.214 e. The fourth-order valence-corrected chi connectivity index (χ4v) is 1.91. The van der Waals surface area contributed by atoms with Crippen LogP contribution in [0, 0.1) is 6.92 Å². The molecule has 1 aromatic heterocycles. The van der Waals surface area contributed by atoms with Gasteiger partial charge in [0.25, 0.3) is 0 Å². The highest BCUT2D eigenvalue weighted by Crippen LogP contribution is 2.02. The van der Waals surface area contributed by atoms with Crippen molar-refractivity contribution in [3.8, 4) is 0 Å². The van der Waals surface area contributed by atoms with Crippen LogP contribution in [0.2, 0.25) is 0 Å². The van der Waals surface area contributed by atoms with Crippen molar-refractivity contribution in [2.24, 2.45) is 0 Å². The Labute approximate surface area is 89.1 Å². The van der Waals surface area contributed by atoms with Gasteiger partial charge in [-0.2, -0.15) is 5.10 Å². The van der Waals surface area contributed by atoms with Crippen molar-refractivity contribution in [1.82, 2.24) is 14.9 Å². The molecule has 0 unspecified atom stereocenters. The quantitative estimate of drug-likeness (QED) is 0.711. The zero-order valence-corrected chi connectivity index (χ0v) is 9.60. The van der Waals surface area contributed by atoms with Crippen LogP contribution in [0.15, 0.2) is 6.20 Å². The molecule has 1 rings (SSSR count). The number of aryl methyl sites for hydroxylation is 1. The predicted octanol–water partition coefficient (Wildman–Crippen LogP) is -0.216. The van der Waals surface area contributed by atoms with Gasteiger partial charge in [0.05, 0.1) is 18.6 Å². The second kappa shape index (κ2) is 5.24. The molecule has 0 spiro atoms. The second-order valence-electron chi connectivity index (χ2n) is 3.15. The molecule has 0 fully saturated rings. The molecule has 1 heterocycles. The Balaban J connectivity index is 2.46. The summed E-state index contributed by atoms with van der Waals surface area (Å²) in [4.78, 5) is 0. The van der Waals surface area contributed by atoms with Gasteiger partial charge in [0, 0.05) is 24.9 Å². The number of hydrogen-bond acceptors (Lipinski definition) is 4. The van der Waals surface area contributed by atoms with Gasteiger partial charge in [0.2, 0.25) is 10.0 Å². The van der Waals surface area contributed by atoms with Crippen molar-refractivity contribution in [3.05, 3.63) is 17.5 Å². The monoisotopic (exact) mass is 233 g/mol. The molecule has 0 saturated carbocycles. The molecule has 0 aliphatic heterocycles. The van der Waals surface area contributed by atoms with E-state index in [2.05, 4.69) is 14.9 Å². The van der Waals surface area contributed by atoms with Crippen molar-refractivity contribution in [2.45, 2.75) is 13.5 Å².